The topological polar surface area (TPSA) is 17.1 Å². The summed E-state index contributed by atoms with van der Waals surface area (Å²) in [5, 5.41) is 0. The van der Waals surface area contributed by atoms with E-state index in [1.165, 1.54) is 16.7 Å². The van der Waals surface area contributed by atoms with Crippen LogP contribution in [0.15, 0.2) is 29.8 Å². The zero-order valence-corrected chi connectivity index (χ0v) is 7.00. The van der Waals surface area contributed by atoms with Gasteiger partial charge in [-0.1, -0.05) is 24.3 Å². The van der Waals surface area contributed by atoms with Crippen LogP contribution in [0.5, 0.6) is 0 Å². The fraction of sp³-hybridized carbons (Fsp3) is 0.182. The van der Waals surface area contributed by atoms with Gasteiger partial charge in [0.25, 0.3) is 0 Å². The molecule has 1 nitrogen and oxygen atoms in total. The van der Waals surface area contributed by atoms with E-state index >= 15 is 0 Å². The molecule has 0 unspecified atom stereocenters. The lowest BCUT2D eigenvalue weighted by atomic mass is 9.81. The highest BCUT2D eigenvalue weighted by atomic mass is 16.1. The maximum Gasteiger partial charge on any atom is 0.146 e. The molecule has 0 fully saturated rings. The third kappa shape index (κ3) is 0.900. The van der Waals surface area contributed by atoms with Crippen LogP contribution in [0.3, 0.4) is 0 Å². The Hall–Kier alpha value is -1.37. The minimum absolute atomic E-state index is 0.869. The monoisotopic (exact) mass is 158 g/mol. The molecule has 0 N–H and O–H groups in total. The molecule has 0 saturated heterocycles. The average Bonchev–Trinajstić information content (AvgIpc) is 2.07. The van der Waals surface area contributed by atoms with Gasteiger partial charge in [0.05, 0.1) is 0 Å². The summed E-state index contributed by atoms with van der Waals surface area (Å²) in [6.07, 6.45) is 1.89. The van der Waals surface area contributed by atoms with E-state index in [9.17, 15) is 4.79 Å². The predicted octanol–water partition coefficient (Wildman–Crippen LogP) is 2.22. The van der Waals surface area contributed by atoms with E-state index in [0.717, 1.165) is 18.3 Å². The Labute approximate surface area is 71.7 Å². The first-order valence-corrected chi connectivity index (χ1v) is 4.06. The van der Waals surface area contributed by atoms with E-state index in [1.54, 1.807) is 0 Å². The van der Waals surface area contributed by atoms with Crippen molar-refractivity contribution in [2.24, 2.45) is 0 Å². The van der Waals surface area contributed by atoms with Crippen molar-refractivity contribution >= 4 is 11.9 Å². The van der Waals surface area contributed by atoms with Gasteiger partial charge in [-0.25, -0.2) is 0 Å². The first-order valence-electron chi connectivity index (χ1n) is 4.06. The molecule has 1 aliphatic rings. The van der Waals surface area contributed by atoms with Crippen molar-refractivity contribution in [2.75, 3.05) is 0 Å². The van der Waals surface area contributed by atoms with Crippen LogP contribution in [-0.4, -0.2) is 6.29 Å². The number of hydrogen-bond donors (Lipinski definition) is 0. The summed E-state index contributed by atoms with van der Waals surface area (Å²) in [6.45, 7) is 1.87. The Bertz CT molecular complexity index is 361. The van der Waals surface area contributed by atoms with Crippen LogP contribution >= 0.6 is 0 Å². The quantitative estimate of drug-likeness (QED) is 0.452. The Balaban J connectivity index is 2.49. The second-order valence-corrected chi connectivity index (χ2v) is 3.11. The number of carbonyl (C=O) groups excluding carboxylic acids is 1. The van der Waals surface area contributed by atoms with Crippen LogP contribution in [0.4, 0.5) is 0 Å². The van der Waals surface area contributed by atoms with Gasteiger partial charge in [0.15, 0.2) is 0 Å². The van der Waals surface area contributed by atoms with Gasteiger partial charge in [-0.2, -0.15) is 0 Å². The average molecular weight is 158 g/mol. The van der Waals surface area contributed by atoms with Gasteiger partial charge in [-0.3, -0.25) is 4.79 Å². The largest absolute Gasteiger partial charge is 0.298 e. The maximum absolute atomic E-state index is 10.5. The number of fused-ring (bicyclic) bond motifs is 1. The number of benzene rings is 1. The molecule has 1 aliphatic carbocycles. The van der Waals surface area contributed by atoms with Gasteiger partial charge in [0.1, 0.15) is 6.29 Å². The van der Waals surface area contributed by atoms with Crippen LogP contribution in [-0.2, 0) is 11.2 Å². The highest BCUT2D eigenvalue weighted by molar-refractivity contribution is 5.93. The highest BCUT2D eigenvalue weighted by Gasteiger charge is 2.19. The molecule has 0 bridgehead atoms. The summed E-state index contributed by atoms with van der Waals surface area (Å²) in [4.78, 5) is 10.5. The molecular formula is C11H10O. The Morgan fingerprint density at radius 1 is 1.42 bits per heavy atom. The maximum atomic E-state index is 10.5. The van der Waals surface area contributed by atoms with Crippen molar-refractivity contribution < 1.29 is 4.79 Å². The predicted molar refractivity (Wildman–Crippen MR) is 48.8 cm³/mol. The third-order valence-corrected chi connectivity index (χ3v) is 2.36. The lowest BCUT2D eigenvalue weighted by Crippen LogP contribution is -2.08. The Kier molecular flexibility index (Phi) is 1.58. The van der Waals surface area contributed by atoms with Crippen LogP contribution in [0.2, 0.25) is 0 Å². The minimum Gasteiger partial charge on any atom is -0.298 e. The number of carbonyl (C=O) groups is 1. The standard InChI is InChI=1S/C11H10O/c1-8(7-12)11-6-9-4-2-3-5-10(9)11/h2-5,7H,6H2,1H3. The summed E-state index contributed by atoms with van der Waals surface area (Å²) in [7, 11) is 0. The molecule has 1 heteroatoms. The Morgan fingerprint density at radius 3 is 2.83 bits per heavy atom. The van der Waals surface area contributed by atoms with Crippen LogP contribution in [0, 0.1) is 0 Å². The molecule has 2 rings (SSSR count). The highest BCUT2D eigenvalue weighted by Crippen LogP contribution is 2.35. The summed E-state index contributed by atoms with van der Waals surface area (Å²) < 4.78 is 0. The van der Waals surface area contributed by atoms with Crippen molar-refractivity contribution in [1.29, 1.82) is 0 Å². The minimum atomic E-state index is 0.869. The van der Waals surface area contributed by atoms with Gasteiger partial charge in [-0.15, -0.1) is 0 Å². The summed E-state index contributed by atoms with van der Waals surface area (Å²) in [6, 6.07) is 8.22. The van der Waals surface area contributed by atoms with Crippen molar-refractivity contribution in [2.45, 2.75) is 13.3 Å². The van der Waals surface area contributed by atoms with Gasteiger partial charge in [0.2, 0.25) is 0 Å². The molecular weight excluding hydrogens is 148 g/mol. The lowest BCUT2D eigenvalue weighted by molar-refractivity contribution is -0.104. The number of allylic oxidation sites excluding steroid dienone is 2. The van der Waals surface area contributed by atoms with Crippen molar-refractivity contribution in [1.82, 2.24) is 0 Å². The summed E-state index contributed by atoms with van der Waals surface area (Å²) in [5.41, 5.74) is 4.69. The van der Waals surface area contributed by atoms with E-state index in [1.807, 2.05) is 19.1 Å². The Morgan fingerprint density at radius 2 is 2.17 bits per heavy atom. The van der Waals surface area contributed by atoms with Crippen LogP contribution in [0.25, 0.3) is 5.57 Å². The van der Waals surface area contributed by atoms with Gasteiger partial charge in [-0.05, 0) is 35.6 Å². The molecule has 1 aromatic rings. The second kappa shape index (κ2) is 2.59. The second-order valence-electron chi connectivity index (χ2n) is 3.11. The molecule has 0 radical (unpaired) electrons. The van der Waals surface area contributed by atoms with Gasteiger partial charge >= 0.3 is 0 Å². The van der Waals surface area contributed by atoms with Crippen molar-refractivity contribution in [3.05, 3.63) is 41.0 Å². The summed E-state index contributed by atoms with van der Waals surface area (Å²) in [5.74, 6) is 0. The molecule has 60 valence electrons. The molecule has 0 heterocycles. The zero-order chi connectivity index (χ0) is 8.55. The number of hydrogen-bond acceptors (Lipinski definition) is 1. The van der Waals surface area contributed by atoms with E-state index in [4.69, 9.17) is 0 Å². The first kappa shape index (κ1) is 7.29. The van der Waals surface area contributed by atoms with E-state index in [2.05, 4.69) is 12.1 Å². The smallest absolute Gasteiger partial charge is 0.146 e. The molecule has 0 aliphatic heterocycles. The zero-order valence-electron chi connectivity index (χ0n) is 7.00. The van der Waals surface area contributed by atoms with E-state index < -0.39 is 0 Å². The fourth-order valence-electron chi connectivity index (χ4n) is 1.57. The molecule has 0 atom stereocenters. The van der Waals surface area contributed by atoms with Gasteiger partial charge in [0, 0.05) is 0 Å². The normalized spacial score (nSPS) is 17.8. The molecule has 12 heavy (non-hydrogen) atoms. The molecule has 0 aromatic heterocycles. The molecule has 1 aromatic carbocycles. The van der Waals surface area contributed by atoms with Crippen LogP contribution in [0.1, 0.15) is 18.1 Å². The van der Waals surface area contributed by atoms with E-state index in [-0.39, 0.29) is 0 Å². The van der Waals surface area contributed by atoms with Gasteiger partial charge < -0.3 is 0 Å². The van der Waals surface area contributed by atoms with Crippen molar-refractivity contribution in [3.8, 4) is 0 Å². The molecule has 0 saturated carbocycles. The SMILES string of the molecule is CC(C=O)=C1Cc2ccccc21. The number of aldehydes is 1. The molecule has 0 amide bonds. The van der Waals surface area contributed by atoms with E-state index in [0.29, 0.717) is 0 Å². The fourth-order valence-corrected chi connectivity index (χ4v) is 1.57. The van der Waals surface area contributed by atoms with Crippen LogP contribution < -0.4 is 0 Å². The van der Waals surface area contributed by atoms with Crippen molar-refractivity contribution in [3.63, 3.8) is 0 Å². The third-order valence-electron chi connectivity index (χ3n) is 2.36. The molecule has 0 spiro atoms. The lowest BCUT2D eigenvalue weighted by Gasteiger charge is -2.23. The first-order chi connectivity index (χ1) is 5.83. The summed E-state index contributed by atoms with van der Waals surface area (Å²) >= 11 is 0. The number of rotatable bonds is 1.